The van der Waals surface area contributed by atoms with Crippen LogP contribution < -0.4 is 4.74 Å². The fourth-order valence-corrected chi connectivity index (χ4v) is 9.20. The molecule has 2 aliphatic carbocycles. The van der Waals surface area contributed by atoms with Crippen LogP contribution in [-0.2, 0) is 40.4 Å². The SMILES string of the molecule is COC1C(C)OC(O[C@@H]2C[C@@](C)(O)Cc3cc4c(c(O)c32)C(=O)c2c(O)cc3c(c2C4=O)OC2OC3(C)[C@@H](O)[C@H](N(C)C)[C@H]2O)C(OC)C1(C)OC. The number of carbonyl (C=O) groups excluding carboxylic acids is 2. The highest BCUT2D eigenvalue weighted by Gasteiger charge is 2.60. The molecule has 0 aromatic heterocycles. The van der Waals surface area contributed by atoms with Gasteiger partial charge in [0.05, 0.1) is 40.5 Å². The largest absolute Gasteiger partial charge is 0.507 e. The number of rotatable bonds is 6. The molecule has 5 aliphatic rings. The van der Waals surface area contributed by atoms with Gasteiger partial charge in [0.25, 0.3) is 0 Å². The van der Waals surface area contributed by atoms with Gasteiger partial charge < -0.3 is 63.6 Å². The third-order valence-corrected chi connectivity index (χ3v) is 11.8. The lowest BCUT2D eigenvalue weighted by Gasteiger charge is -2.53. The number of ether oxygens (including phenoxy) is 7. The van der Waals surface area contributed by atoms with Crippen LogP contribution in [0.2, 0.25) is 0 Å². The second kappa shape index (κ2) is 12.4. The normalized spacial score (nSPS) is 39.4. The molecule has 7 unspecified atom stereocenters. The van der Waals surface area contributed by atoms with Gasteiger partial charge in [0.15, 0.2) is 12.1 Å². The summed E-state index contributed by atoms with van der Waals surface area (Å²) in [6.45, 7) is 6.76. The summed E-state index contributed by atoms with van der Waals surface area (Å²) in [6.07, 6.45) is -8.03. The monoisotopic (exact) mass is 729 g/mol. The fraction of sp³-hybridized carbons (Fsp3) is 0.622. The summed E-state index contributed by atoms with van der Waals surface area (Å²) < 4.78 is 42.2. The van der Waals surface area contributed by atoms with E-state index in [0.29, 0.717) is 5.56 Å². The van der Waals surface area contributed by atoms with Gasteiger partial charge in [-0.2, -0.15) is 0 Å². The maximum Gasteiger partial charge on any atom is 0.228 e. The molecule has 2 fully saturated rings. The summed E-state index contributed by atoms with van der Waals surface area (Å²) >= 11 is 0. The molecule has 3 aliphatic heterocycles. The smallest absolute Gasteiger partial charge is 0.228 e. The maximum atomic E-state index is 14.5. The van der Waals surface area contributed by atoms with E-state index in [-0.39, 0.29) is 46.4 Å². The summed E-state index contributed by atoms with van der Waals surface area (Å²) in [5.74, 6) is -2.85. The number of hydrogen-bond acceptors (Lipinski definition) is 15. The quantitative estimate of drug-likeness (QED) is 0.244. The Morgan fingerprint density at radius 3 is 2.23 bits per heavy atom. The number of methoxy groups -OCH3 is 3. The van der Waals surface area contributed by atoms with Crippen molar-refractivity contribution in [1.82, 2.24) is 4.90 Å². The second-order valence-corrected chi connectivity index (χ2v) is 15.4. The number of carbonyl (C=O) groups is 2. The molecular weight excluding hydrogens is 682 g/mol. The van der Waals surface area contributed by atoms with Gasteiger partial charge in [-0.05, 0) is 59.5 Å². The Hall–Kier alpha value is -3.22. The van der Waals surface area contributed by atoms with Crippen LogP contribution in [0.3, 0.4) is 0 Å². The first-order valence-electron chi connectivity index (χ1n) is 17.2. The average molecular weight is 730 g/mol. The lowest BCUT2D eigenvalue weighted by Crippen LogP contribution is -2.68. The minimum absolute atomic E-state index is 0.00146. The zero-order valence-electron chi connectivity index (χ0n) is 30.6. The number of aliphatic hydroxyl groups excluding tert-OH is 2. The molecule has 0 radical (unpaired) electrons. The Bertz CT molecular complexity index is 1830. The Kier molecular flexibility index (Phi) is 8.86. The third kappa shape index (κ3) is 5.09. The summed E-state index contributed by atoms with van der Waals surface area (Å²) in [7, 11) is 7.89. The summed E-state index contributed by atoms with van der Waals surface area (Å²) in [4.78, 5) is 30.6. The molecule has 2 aromatic rings. The van der Waals surface area contributed by atoms with Gasteiger partial charge in [0, 0.05) is 50.9 Å². The number of nitrogens with zero attached hydrogens (tertiary/aromatic N) is 1. The van der Waals surface area contributed by atoms with Crippen LogP contribution in [0.15, 0.2) is 12.1 Å². The minimum atomic E-state index is -1.55. The lowest BCUT2D eigenvalue weighted by molar-refractivity contribution is -0.345. The van der Waals surface area contributed by atoms with Crippen molar-refractivity contribution in [3.05, 3.63) is 51.1 Å². The molecule has 15 heteroatoms. The molecule has 2 bridgehead atoms. The van der Waals surface area contributed by atoms with E-state index in [1.54, 1.807) is 39.8 Å². The summed E-state index contributed by atoms with van der Waals surface area (Å²) in [5, 5.41) is 57.4. The number of ketones is 2. The van der Waals surface area contributed by atoms with E-state index in [1.165, 1.54) is 33.5 Å². The molecule has 52 heavy (non-hydrogen) atoms. The van der Waals surface area contributed by atoms with Crippen LogP contribution in [0.4, 0.5) is 0 Å². The highest BCUT2D eigenvalue weighted by molar-refractivity contribution is 6.31. The molecule has 2 aromatic carbocycles. The maximum absolute atomic E-state index is 14.5. The van der Waals surface area contributed by atoms with Gasteiger partial charge in [-0.15, -0.1) is 0 Å². The number of benzene rings is 2. The fourth-order valence-electron chi connectivity index (χ4n) is 9.20. The molecule has 0 saturated carbocycles. The summed E-state index contributed by atoms with van der Waals surface area (Å²) in [6, 6.07) is 1.82. The number of hydrogen-bond donors (Lipinski definition) is 5. The van der Waals surface area contributed by atoms with Crippen LogP contribution in [0.5, 0.6) is 17.2 Å². The zero-order valence-corrected chi connectivity index (χ0v) is 30.6. The highest BCUT2D eigenvalue weighted by Crippen LogP contribution is 2.55. The van der Waals surface area contributed by atoms with Gasteiger partial charge in [-0.1, -0.05) is 0 Å². The molecule has 5 N–H and O–H groups in total. The first kappa shape index (κ1) is 37.1. The molecular formula is C37H47NO14. The van der Waals surface area contributed by atoms with Gasteiger partial charge in [0.2, 0.25) is 12.1 Å². The van der Waals surface area contributed by atoms with E-state index in [1.807, 2.05) is 6.92 Å². The molecule has 0 spiro atoms. The van der Waals surface area contributed by atoms with Gasteiger partial charge >= 0.3 is 0 Å². The average Bonchev–Trinajstić information content (AvgIpc) is 3.05. The van der Waals surface area contributed by atoms with Gasteiger partial charge in [0.1, 0.15) is 52.9 Å². The first-order chi connectivity index (χ1) is 24.3. The van der Waals surface area contributed by atoms with E-state index < -0.39 is 101 Å². The molecule has 12 atom stereocenters. The van der Waals surface area contributed by atoms with Crippen molar-refractivity contribution >= 4 is 11.6 Å². The second-order valence-electron chi connectivity index (χ2n) is 15.4. The molecule has 284 valence electrons. The topological polar surface area (TPSA) is 203 Å². The van der Waals surface area contributed by atoms with E-state index in [2.05, 4.69) is 0 Å². The number of aromatic hydroxyl groups is 2. The first-order valence-corrected chi connectivity index (χ1v) is 17.2. The lowest BCUT2D eigenvalue weighted by atomic mass is 9.72. The van der Waals surface area contributed by atoms with E-state index in [9.17, 15) is 35.1 Å². The summed E-state index contributed by atoms with van der Waals surface area (Å²) in [5.41, 5.74) is -4.54. The molecule has 3 heterocycles. The van der Waals surface area contributed by atoms with E-state index in [4.69, 9.17) is 33.2 Å². The van der Waals surface area contributed by atoms with Crippen LogP contribution in [0, 0.1) is 0 Å². The van der Waals surface area contributed by atoms with Crippen LogP contribution in [-0.4, -0.2) is 138 Å². The number of aliphatic hydroxyl groups is 3. The Morgan fingerprint density at radius 1 is 0.942 bits per heavy atom. The number of phenols is 2. The van der Waals surface area contributed by atoms with Crippen LogP contribution in [0.25, 0.3) is 0 Å². The van der Waals surface area contributed by atoms with Crippen molar-refractivity contribution in [3.8, 4) is 17.2 Å². The highest BCUT2D eigenvalue weighted by atomic mass is 16.7. The zero-order chi connectivity index (χ0) is 38.0. The van der Waals surface area contributed by atoms with Crippen molar-refractivity contribution < 1.29 is 68.3 Å². The van der Waals surface area contributed by atoms with Crippen molar-refractivity contribution in [3.63, 3.8) is 0 Å². The molecule has 2 saturated heterocycles. The number of fused-ring (bicyclic) bond motifs is 8. The molecule has 7 rings (SSSR count). The van der Waals surface area contributed by atoms with Crippen molar-refractivity contribution in [2.24, 2.45) is 0 Å². The molecule has 15 nitrogen and oxygen atoms in total. The Labute approximate surface area is 300 Å². The van der Waals surface area contributed by atoms with Crippen molar-refractivity contribution in [2.45, 2.75) is 113 Å². The predicted octanol–water partition coefficient (Wildman–Crippen LogP) is 1.42. The van der Waals surface area contributed by atoms with Gasteiger partial charge in [-0.3, -0.25) is 9.59 Å². The number of phenolic OH excluding ortho intramolecular Hbond substituents is 2. The van der Waals surface area contributed by atoms with E-state index >= 15 is 0 Å². The third-order valence-electron chi connectivity index (χ3n) is 11.8. The molecule has 0 amide bonds. The minimum Gasteiger partial charge on any atom is -0.507 e. The standard InChI is InChI=1S/C37H47NO14/c1-14-31(46-7)37(4,48-9)32(47-8)34(49-14)50-19-13-35(2,45)12-15-10-16-21(26(41)20(15)19)27(42)22-18(39)11-17-29(23(22)25(16)40)51-33-28(43)24(38(5)6)30(44)36(17,3)52-33/h10-11,14,19,24,28,30-34,39,41,43-45H,12-13H2,1-9H3/t14?,19-,24-,28-,30+,31?,32?,33?,34?,35+,36?,37?/m1/s1. The van der Waals surface area contributed by atoms with Crippen LogP contribution in [0.1, 0.15) is 88.8 Å². The predicted molar refractivity (Wildman–Crippen MR) is 180 cm³/mol. The van der Waals surface area contributed by atoms with Crippen molar-refractivity contribution in [1.29, 1.82) is 0 Å². The van der Waals surface area contributed by atoms with Crippen LogP contribution >= 0.6 is 0 Å². The Balaban J connectivity index is 1.34. The van der Waals surface area contributed by atoms with Crippen molar-refractivity contribution in [2.75, 3.05) is 35.4 Å². The van der Waals surface area contributed by atoms with Gasteiger partial charge in [-0.25, -0.2) is 0 Å². The number of likely N-dealkylation sites (N-methyl/N-ethyl adjacent to an activating group) is 1. The van der Waals surface area contributed by atoms with E-state index in [0.717, 1.165) is 0 Å². The Morgan fingerprint density at radius 2 is 1.62 bits per heavy atom.